The van der Waals surface area contributed by atoms with Crippen LogP contribution in [0.3, 0.4) is 0 Å². The van der Waals surface area contributed by atoms with E-state index in [9.17, 15) is 9.59 Å². The average Bonchev–Trinajstić information content (AvgIpc) is 3.10. The molecule has 0 bridgehead atoms. The number of likely N-dealkylation sites (tertiary alicyclic amines) is 1. The normalized spacial score (nSPS) is 25.2. The molecule has 1 saturated heterocycles. The molecule has 2 unspecified atom stereocenters. The van der Waals surface area contributed by atoms with Gasteiger partial charge in [0.25, 0.3) is 0 Å². The van der Waals surface area contributed by atoms with Crippen LogP contribution in [0, 0.1) is 11.8 Å². The van der Waals surface area contributed by atoms with Crippen molar-refractivity contribution in [2.45, 2.75) is 13.0 Å². The van der Waals surface area contributed by atoms with E-state index in [4.69, 9.17) is 18.0 Å². The number of nitrogens with two attached hydrogens (primary N) is 1. The number of carbonyl (C=O) groups is 2. The first-order valence-corrected chi connectivity index (χ1v) is 6.23. The van der Waals surface area contributed by atoms with Crippen LogP contribution in [0.4, 0.5) is 0 Å². The van der Waals surface area contributed by atoms with Crippen LogP contribution in [0.5, 0.6) is 0 Å². The summed E-state index contributed by atoms with van der Waals surface area (Å²) in [6.07, 6.45) is 0.727. The molecule has 2 N–H and O–H groups in total. The van der Waals surface area contributed by atoms with E-state index in [-0.39, 0.29) is 35.2 Å². The fourth-order valence-electron chi connectivity index (χ4n) is 2.47. The van der Waals surface area contributed by atoms with Gasteiger partial charge in [-0.25, -0.2) is 0 Å². The van der Waals surface area contributed by atoms with Crippen molar-refractivity contribution in [2.24, 2.45) is 17.6 Å². The van der Waals surface area contributed by atoms with Crippen molar-refractivity contribution in [3.05, 3.63) is 35.4 Å². The van der Waals surface area contributed by atoms with Gasteiger partial charge in [0.05, 0.1) is 18.4 Å². The van der Waals surface area contributed by atoms with E-state index in [1.807, 2.05) is 24.3 Å². The highest BCUT2D eigenvalue weighted by Gasteiger charge is 2.58. The van der Waals surface area contributed by atoms with Crippen molar-refractivity contribution in [1.82, 2.24) is 4.90 Å². The Bertz CT molecular complexity index is 550. The summed E-state index contributed by atoms with van der Waals surface area (Å²) in [5, 5.41) is 0. The second-order valence-corrected chi connectivity index (χ2v) is 5.17. The Labute approximate surface area is 110 Å². The Morgan fingerprint density at radius 2 is 1.89 bits per heavy atom. The number of fused-ring (bicyclic) bond motifs is 1. The monoisotopic (exact) mass is 260 g/mol. The Hall–Kier alpha value is -1.75. The first-order chi connectivity index (χ1) is 8.59. The molecule has 3 rings (SSSR count). The SMILES string of the molecule is NC(=S)c1ccccc1CN1C(=O)C2CC2C1=O. The third-order valence-corrected chi connectivity index (χ3v) is 3.79. The molecule has 1 aromatic carbocycles. The van der Waals surface area contributed by atoms with Gasteiger partial charge in [-0.2, -0.15) is 0 Å². The van der Waals surface area contributed by atoms with Gasteiger partial charge in [0.1, 0.15) is 4.99 Å². The number of piperidine rings is 1. The maximum atomic E-state index is 11.9. The number of carbonyl (C=O) groups excluding carboxylic acids is 2. The van der Waals surface area contributed by atoms with Gasteiger partial charge >= 0.3 is 0 Å². The van der Waals surface area contributed by atoms with Gasteiger partial charge in [0.2, 0.25) is 11.8 Å². The van der Waals surface area contributed by atoms with Crippen molar-refractivity contribution < 1.29 is 9.59 Å². The van der Waals surface area contributed by atoms with Crippen molar-refractivity contribution in [2.75, 3.05) is 0 Å². The molecule has 2 fully saturated rings. The lowest BCUT2D eigenvalue weighted by Crippen LogP contribution is -2.33. The standard InChI is InChI=1S/C13H12N2O2S/c14-11(18)8-4-2-1-3-7(8)6-15-12(16)9-5-10(9)13(15)17/h1-4,9-10H,5-6H2,(H2,14,18). The smallest absolute Gasteiger partial charge is 0.233 e. The van der Waals surface area contributed by atoms with Gasteiger partial charge in [-0.3, -0.25) is 14.5 Å². The molecule has 4 nitrogen and oxygen atoms in total. The first-order valence-electron chi connectivity index (χ1n) is 5.82. The summed E-state index contributed by atoms with van der Waals surface area (Å²) in [5.74, 6) is -0.227. The summed E-state index contributed by atoms with van der Waals surface area (Å²) >= 11 is 4.97. The molecule has 0 aromatic heterocycles. The Morgan fingerprint density at radius 1 is 1.28 bits per heavy atom. The Kier molecular flexibility index (Phi) is 2.45. The van der Waals surface area contributed by atoms with E-state index in [2.05, 4.69) is 0 Å². The number of rotatable bonds is 3. The maximum absolute atomic E-state index is 11.9. The molecule has 1 heterocycles. The van der Waals surface area contributed by atoms with E-state index in [1.54, 1.807) is 0 Å². The van der Waals surface area contributed by atoms with Gasteiger partial charge in [0.15, 0.2) is 0 Å². The number of thiocarbonyl (C=S) groups is 1. The fourth-order valence-corrected chi connectivity index (χ4v) is 2.67. The molecule has 0 radical (unpaired) electrons. The van der Waals surface area contributed by atoms with Crippen LogP contribution in [-0.2, 0) is 16.1 Å². The topological polar surface area (TPSA) is 63.4 Å². The highest BCUT2D eigenvalue weighted by molar-refractivity contribution is 7.80. The number of hydrogen-bond donors (Lipinski definition) is 1. The predicted octanol–water partition coefficient (Wildman–Crippen LogP) is 0.826. The van der Waals surface area contributed by atoms with Crippen LogP contribution in [0.1, 0.15) is 17.5 Å². The van der Waals surface area contributed by atoms with Gasteiger partial charge < -0.3 is 5.73 Å². The second kappa shape index (κ2) is 3.88. The quantitative estimate of drug-likeness (QED) is 0.646. The lowest BCUT2D eigenvalue weighted by atomic mass is 10.1. The van der Waals surface area contributed by atoms with Gasteiger partial charge in [0, 0.05) is 5.56 Å². The predicted molar refractivity (Wildman–Crippen MR) is 69.5 cm³/mol. The molecule has 2 amide bonds. The molecule has 2 aliphatic rings. The number of amides is 2. The molecule has 2 atom stereocenters. The van der Waals surface area contributed by atoms with Crippen LogP contribution >= 0.6 is 12.2 Å². The van der Waals surface area contributed by atoms with Crippen molar-refractivity contribution in [3.8, 4) is 0 Å². The number of hydrogen-bond acceptors (Lipinski definition) is 3. The minimum absolute atomic E-state index is 0.0530. The average molecular weight is 260 g/mol. The summed E-state index contributed by atoms with van der Waals surface area (Å²) in [5.41, 5.74) is 7.19. The lowest BCUT2D eigenvalue weighted by Gasteiger charge is -2.18. The minimum atomic E-state index is -0.0607. The minimum Gasteiger partial charge on any atom is -0.389 e. The summed E-state index contributed by atoms with van der Waals surface area (Å²) in [6.45, 7) is 0.276. The molecule has 1 aromatic rings. The number of benzene rings is 1. The number of nitrogens with zero attached hydrogens (tertiary/aromatic N) is 1. The van der Waals surface area contributed by atoms with Crippen molar-refractivity contribution in [1.29, 1.82) is 0 Å². The van der Waals surface area contributed by atoms with Crippen LogP contribution in [-0.4, -0.2) is 21.7 Å². The molecule has 18 heavy (non-hydrogen) atoms. The Morgan fingerprint density at radius 3 is 2.50 bits per heavy atom. The van der Waals surface area contributed by atoms with E-state index < -0.39 is 0 Å². The lowest BCUT2D eigenvalue weighted by molar-refractivity contribution is -0.142. The largest absolute Gasteiger partial charge is 0.389 e. The van der Waals surface area contributed by atoms with Gasteiger partial charge in [-0.15, -0.1) is 0 Å². The van der Waals surface area contributed by atoms with Crippen LogP contribution in [0.2, 0.25) is 0 Å². The number of imide groups is 1. The molecular weight excluding hydrogens is 248 g/mol. The van der Waals surface area contributed by atoms with Crippen LogP contribution in [0.25, 0.3) is 0 Å². The molecule has 92 valence electrons. The summed E-state index contributed by atoms with van der Waals surface area (Å²) in [7, 11) is 0. The van der Waals surface area contributed by atoms with E-state index in [1.165, 1.54) is 4.90 Å². The van der Waals surface area contributed by atoms with Crippen molar-refractivity contribution >= 4 is 29.0 Å². The fraction of sp³-hybridized carbons (Fsp3) is 0.308. The van der Waals surface area contributed by atoms with Crippen LogP contribution in [0.15, 0.2) is 24.3 Å². The summed E-state index contributed by atoms with van der Waals surface area (Å²) in [6, 6.07) is 7.34. The van der Waals surface area contributed by atoms with Gasteiger partial charge in [-0.1, -0.05) is 36.5 Å². The van der Waals surface area contributed by atoms with E-state index in [0.29, 0.717) is 0 Å². The van der Waals surface area contributed by atoms with E-state index >= 15 is 0 Å². The zero-order chi connectivity index (χ0) is 12.9. The molecule has 1 saturated carbocycles. The summed E-state index contributed by atoms with van der Waals surface area (Å²) < 4.78 is 0. The van der Waals surface area contributed by atoms with Crippen molar-refractivity contribution in [3.63, 3.8) is 0 Å². The third kappa shape index (κ3) is 1.62. The third-order valence-electron chi connectivity index (χ3n) is 3.57. The molecule has 1 aliphatic heterocycles. The molecule has 5 heteroatoms. The molecule has 0 spiro atoms. The Balaban J connectivity index is 1.87. The van der Waals surface area contributed by atoms with Gasteiger partial charge in [-0.05, 0) is 12.0 Å². The molecular formula is C13H12N2O2S. The second-order valence-electron chi connectivity index (χ2n) is 4.73. The highest BCUT2D eigenvalue weighted by Crippen LogP contribution is 2.47. The van der Waals surface area contributed by atoms with Crippen LogP contribution < -0.4 is 5.73 Å². The first kappa shape index (κ1) is 11.3. The summed E-state index contributed by atoms with van der Waals surface area (Å²) in [4.78, 5) is 25.4. The zero-order valence-electron chi connectivity index (χ0n) is 9.63. The molecule has 1 aliphatic carbocycles. The zero-order valence-corrected chi connectivity index (χ0v) is 10.4. The highest BCUT2D eigenvalue weighted by atomic mass is 32.1. The van der Waals surface area contributed by atoms with E-state index in [0.717, 1.165) is 17.5 Å². The maximum Gasteiger partial charge on any atom is 0.233 e.